The molecule has 1 rings (SSSR count). The highest BCUT2D eigenvalue weighted by atomic mass is 32.2. The van der Waals surface area contributed by atoms with Gasteiger partial charge in [0.15, 0.2) is 0 Å². The first kappa shape index (κ1) is 14.8. The van der Waals surface area contributed by atoms with Crippen LogP contribution < -0.4 is 5.32 Å². The van der Waals surface area contributed by atoms with E-state index in [2.05, 4.69) is 5.32 Å². The van der Waals surface area contributed by atoms with E-state index in [-0.39, 0.29) is 5.91 Å². The van der Waals surface area contributed by atoms with Gasteiger partial charge in [0.1, 0.15) is 0 Å². The molecule has 4 heteroatoms. The van der Waals surface area contributed by atoms with Gasteiger partial charge >= 0.3 is 0 Å². The highest BCUT2D eigenvalue weighted by Crippen LogP contribution is 2.26. The lowest BCUT2D eigenvalue weighted by molar-refractivity contribution is -0.122. The summed E-state index contributed by atoms with van der Waals surface area (Å²) in [6.45, 7) is 0.436. The van der Waals surface area contributed by atoms with Crippen LogP contribution in [0.25, 0.3) is 0 Å². The first-order valence-corrected chi connectivity index (χ1v) is 8.04. The molecule has 0 saturated heterocycles. The molecule has 0 spiro atoms. The van der Waals surface area contributed by atoms with Crippen molar-refractivity contribution in [3.63, 3.8) is 0 Å². The number of carbonyl (C=O) groups is 1. The minimum absolute atomic E-state index is 0.0803. The highest BCUT2D eigenvalue weighted by Gasteiger charge is 2.28. The van der Waals surface area contributed by atoms with E-state index in [1.54, 1.807) is 11.8 Å². The van der Waals surface area contributed by atoms with Crippen molar-refractivity contribution in [1.29, 1.82) is 0 Å². The summed E-state index contributed by atoms with van der Waals surface area (Å²) in [6.07, 6.45) is 9.80. The highest BCUT2D eigenvalue weighted by molar-refractivity contribution is 7.98. The zero-order valence-corrected chi connectivity index (χ0v) is 11.7. The minimum Gasteiger partial charge on any atom is -0.388 e. The van der Waals surface area contributed by atoms with Gasteiger partial charge in [0.25, 0.3) is 0 Å². The van der Waals surface area contributed by atoms with E-state index in [1.165, 1.54) is 12.8 Å². The molecular formula is C13H25NO2S. The summed E-state index contributed by atoms with van der Waals surface area (Å²) >= 11 is 1.76. The van der Waals surface area contributed by atoms with E-state index in [4.69, 9.17) is 0 Å². The smallest absolute Gasteiger partial charge is 0.220 e. The van der Waals surface area contributed by atoms with E-state index < -0.39 is 5.60 Å². The second kappa shape index (κ2) is 7.98. The van der Waals surface area contributed by atoms with E-state index >= 15 is 0 Å². The summed E-state index contributed by atoms with van der Waals surface area (Å²) in [7, 11) is 0. The first-order valence-electron chi connectivity index (χ1n) is 6.64. The Morgan fingerprint density at radius 3 is 2.53 bits per heavy atom. The van der Waals surface area contributed by atoms with Crippen molar-refractivity contribution in [3.8, 4) is 0 Å². The molecule has 0 bridgehead atoms. The zero-order valence-electron chi connectivity index (χ0n) is 10.8. The van der Waals surface area contributed by atoms with Crippen molar-refractivity contribution < 1.29 is 9.90 Å². The molecule has 1 aliphatic carbocycles. The van der Waals surface area contributed by atoms with Gasteiger partial charge in [-0.05, 0) is 31.3 Å². The van der Waals surface area contributed by atoms with Crippen LogP contribution in [0, 0.1) is 0 Å². The van der Waals surface area contributed by atoms with Gasteiger partial charge in [-0.3, -0.25) is 4.79 Å². The molecule has 17 heavy (non-hydrogen) atoms. The monoisotopic (exact) mass is 259 g/mol. The molecule has 0 radical (unpaired) electrons. The molecule has 1 aliphatic rings. The van der Waals surface area contributed by atoms with Crippen LogP contribution in [0.2, 0.25) is 0 Å². The maximum Gasteiger partial charge on any atom is 0.220 e. The van der Waals surface area contributed by atoms with Crippen molar-refractivity contribution >= 4 is 17.7 Å². The number of carbonyl (C=O) groups excluding carboxylic acids is 1. The van der Waals surface area contributed by atoms with Crippen LogP contribution in [-0.4, -0.2) is 35.2 Å². The number of rotatable bonds is 6. The lowest BCUT2D eigenvalue weighted by Gasteiger charge is -2.26. The molecule has 3 nitrogen and oxygen atoms in total. The SMILES string of the molecule is CSCCCC(=O)NCC1(O)CCCCCC1. The van der Waals surface area contributed by atoms with E-state index in [9.17, 15) is 9.90 Å². The molecule has 1 amide bonds. The zero-order chi connectivity index (χ0) is 12.6. The van der Waals surface area contributed by atoms with Gasteiger partial charge < -0.3 is 10.4 Å². The molecule has 100 valence electrons. The van der Waals surface area contributed by atoms with Gasteiger partial charge in [-0.25, -0.2) is 0 Å². The van der Waals surface area contributed by atoms with Gasteiger partial charge in [-0.15, -0.1) is 0 Å². The summed E-state index contributed by atoms with van der Waals surface area (Å²) < 4.78 is 0. The fourth-order valence-corrected chi connectivity index (χ4v) is 2.73. The summed E-state index contributed by atoms with van der Waals surface area (Å²) in [5.74, 6) is 1.11. The van der Waals surface area contributed by atoms with E-state index in [0.29, 0.717) is 13.0 Å². The average molecular weight is 259 g/mol. The normalized spacial score (nSPS) is 19.6. The molecule has 0 aromatic carbocycles. The van der Waals surface area contributed by atoms with Gasteiger partial charge in [0.05, 0.1) is 5.60 Å². The fraction of sp³-hybridized carbons (Fsp3) is 0.923. The van der Waals surface area contributed by atoms with Crippen LogP contribution in [0.4, 0.5) is 0 Å². The largest absolute Gasteiger partial charge is 0.388 e. The molecule has 0 atom stereocenters. The Hall–Kier alpha value is -0.220. The molecule has 1 fully saturated rings. The third-order valence-electron chi connectivity index (χ3n) is 3.40. The number of aliphatic hydroxyl groups is 1. The maximum atomic E-state index is 11.6. The molecule has 1 saturated carbocycles. The van der Waals surface area contributed by atoms with Gasteiger partial charge in [0, 0.05) is 13.0 Å². The number of thioether (sulfide) groups is 1. The quantitative estimate of drug-likeness (QED) is 0.568. The van der Waals surface area contributed by atoms with Crippen molar-refractivity contribution in [1.82, 2.24) is 5.32 Å². The Labute approximate surface area is 109 Å². The molecule has 0 aliphatic heterocycles. The first-order chi connectivity index (χ1) is 8.16. The van der Waals surface area contributed by atoms with Crippen molar-refractivity contribution in [2.75, 3.05) is 18.6 Å². The predicted molar refractivity (Wildman–Crippen MR) is 73.3 cm³/mol. The van der Waals surface area contributed by atoms with Crippen LogP contribution in [-0.2, 0) is 4.79 Å². The van der Waals surface area contributed by atoms with Crippen molar-refractivity contribution in [2.45, 2.75) is 57.0 Å². The Balaban J connectivity index is 2.20. The van der Waals surface area contributed by atoms with Crippen LogP contribution in [0.5, 0.6) is 0 Å². The predicted octanol–water partition coefficient (Wildman–Crippen LogP) is 2.33. The van der Waals surface area contributed by atoms with Crippen molar-refractivity contribution in [2.24, 2.45) is 0 Å². The van der Waals surface area contributed by atoms with Crippen LogP contribution >= 0.6 is 11.8 Å². The minimum atomic E-state index is -0.647. The van der Waals surface area contributed by atoms with Gasteiger partial charge in [-0.2, -0.15) is 11.8 Å². The second-order valence-electron chi connectivity index (χ2n) is 5.01. The standard InChI is InChI=1S/C13H25NO2S/c1-17-10-6-7-12(15)14-11-13(16)8-4-2-3-5-9-13/h16H,2-11H2,1H3,(H,14,15). The summed E-state index contributed by atoms with van der Waals surface area (Å²) in [4.78, 5) is 11.6. The Morgan fingerprint density at radius 2 is 1.94 bits per heavy atom. The number of hydrogen-bond donors (Lipinski definition) is 2. The maximum absolute atomic E-state index is 11.6. The number of nitrogens with one attached hydrogen (secondary N) is 1. The number of amides is 1. The van der Waals surface area contributed by atoms with Crippen LogP contribution in [0.1, 0.15) is 51.4 Å². The summed E-state index contributed by atoms with van der Waals surface area (Å²) in [5, 5.41) is 13.2. The van der Waals surface area contributed by atoms with Crippen LogP contribution in [0.15, 0.2) is 0 Å². The molecule has 2 N–H and O–H groups in total. The molecule has 0 heterocycles. The Morgan fingerprint density at radius 1 is 1.29 bits per heavy atom. The molecule has 0 aromatic rings. The summed E-state index contributed by atoms with van der Waals surface area (Å²) in [6, 6.07) is 0. The third kappa shape index (κ3) is 6.32. The Kier molecular flexibility index (Phi) is 6.97. The molecule has 0 unspecified atom stereocenters. The second-order valence-corrected chi connectivity index (χ2v) is 6.00. The van der Waals surface area contributed by atoms with Crippen molar-refractivity contribution in [3.05, 3.63) is 0 Å². The fourth-order valence-electron chi connectivity index (χ4n) is 2.29. The van der Waals surface area contributed by atoms with E-state index in [1.807, 2.05) is 6.26 Å². The lowest BCUT2D eigenvalue weighted by Crippen LogP contribution is -2.42. The number of hydrogen-bond acceptors (Lipinski definition) is 3. The van der Waals surface area contributed by atoms with E-state index in [0.717, 1.165) is 37.9 Å². The van der Waals surface area contributed by atoms with Crippen LogP contribution in [0.3, 0.4) is 0 Å². The third-order valence-corrected chi connectivity index (χ3v) is 4.10. The lowest BCUT2D eigenvalue weighted by atomic mass is 9.94. The molecular weight excluding hydrogens is 234 g/mol. The average Bonchev–Trinajstić information content (AvgIpc) is 2.53. The molecule has 0 aromatic heterocycles. The Bertz CT molecular complexity index is 225. The topological polar surface area (TPSA) is 49.3 Å². The van der Waals surface area contributed by atoms with Gasteiger partial charge in [-0.1, -0.05) is 25.7 Å². The van der Waals surface area contributed by atoms with Gasteiger partial charge in [0.2, 0.25) is 5.91 Å². The summed E-state index contributed by atoms with van der Waals surface area (Å²) in [5.41, 5.74) is -0.647.